The molecule has 1 aliphatic heterocycles. The fraction of sp³-hybridized carbons (Fsp3) is 0.500. The van der Waals surface area contributed by atoms with E-state index in [0.717, 1.165) is 32.2 Å². The van der Waals surface area contributed by atoms with Gasteiger partial charge in [0.1, 0.15) is 12.4 Å². The molecule has 1 aliphatic carbocycles. The Bertz CT molecular complexity index is 1110. The number of halogens is 5. The van der Waals surface area contributed by atoms with E-state index in [0.29, 0.717) is 10.8 Å². The van der Waals surface area contributed by atoms with Gasteiger partial charge in [-0.1, -0.05) is 36.2 Å². The molecule has 1 atom stereocenters. The second-order valence-corrected chi connectivity index (χ2v) is 11.3. The average molecular weight is 553 g/mol. The molecule has 0 amide bonds. The molecule has 1 heterocycles. The van der Waals surface area contributed by atoms with Crippen LogP contribution in [-0.4, -0.2) is 40.0 Å². The number of ether oxygens (including phenoxy) is 1. The third kappa shape index (κ3) is 6.83. The van der Waals surface area contributed by atoms with Gasteiger partial charge in [0.15, 0.2) is 0 Å². The highest BCUT2D eigenvalue weighted by molar-refractivity contribution is 7.89. The van der Waals surface area contributed by atoms with Gasteiger partial charge in [0.05, 0.1) is 12.2 Å². The summed E-state index contributed by atoms with van der Waals surface area (Å²) >= 11 is 6.11. The summed E-state index contributed by atoms with van der Waals surface area (Å²) in [5.74, 6) is -0.386. The highest BCUT2D eigenvalue weighted by atomic mass is 35.5. The molecular formula is C24H29Cl2F3N2O3S. The largest absolute Gasteiger partial charge is 0.492 e. The van der Waals surface area contributed by atoms with Crippen LogP contribution in [-0.2, 0) is 21.9 Å². The van der Waals surface area contributed by atoms with Gasteiger partial charge < -0.3 is 10.1 Å². The fourth-order valence-corrected chi connectivity index (χ4v) is 6.05. The lowest BCUT2D eigenvalue weighted by Gasteiger charge is -2.50. The van der Waals surface area contributed by atoms with Crippen molar-refractivity contribution in [1.29, 1.82) is 0 Å². The van der Waals surface area contributed by atoms with Gasteiger partial charge in [0.2, 0.25) is 10.0 Å². The summed E-state index contributed by atoms with van der Waals surface area (Å²) < 4.78 is 68.2. The predicted octanol–water partition coefficient (Wildman–Crippen LogP) is 5.32. The summed E-state index contributed by atoms with van der Waals surface area (Å²) in [6.45, 7) is 0.797. The lowest BCUT2D eigenvalue weighted by Crippen LogP contribution is -2.49. The molecule has 0 radical (unpaired) electrons. The summed E-state index contributed by atoms with van der Waals surface area (Å²) in [5, 5.41) is 4.41. The molecule has 0 bridgehead atoms. The van der Waals surface area contributed by atoms with E-state index in [-0.39, 0.29) is 37.0 Å². The van der Waals surface area contributed by atoms with Crippen molar-refractivity contribution in [3.63, 3.8) is 0 Å². The highest BCUT2D eigenvalue weighted by Gasteiger charge is 2.47. The molecular weight excluding hydrogens is 524 g/mol. The van der Waals surface area contributed by atoms with E-state index in [4.69, 9.17) is 16.3 Å². The maximum Gasteiger partial charge on any atom is 0.390 e. The third-order valence-electron chi connectivity index (χ3n) is 6.74. The quantitative estimate of drug-likeness (QED) is 0.413. The first kappa shape index (κ1) is 28.1. The standard InChI is InChI=1S/C24H28ClF3N2O3S.ClH/c25-19-5-3-18(4-6-19)23(9-1-10-23)22-21-16-20(7-2-17(21)8-12-29-22)33-14-13-30-34(31,32)15-11-24(26,27)28;/h2-7,16,22,29-30H,1,8-15H2;1H. The van der Waals surface area contributed by atoms with E-state index in [2.05, 4.69) is 22.2 Å². The van der Waals surface area contributed by atoms with Gasteiger partial charge in [-0.2, -0.15) is 13.2 Å². The first-order chi connectivity index (χ1) is 16.1. The molecule has 2 aromatic carbocycles. The molecule has 2 aromatic rings. The molecule has 1 fully saturated rings. The van der Waals surface area contributed by atoms with E-state index in [1.54, 1.807) is 0 Å². The van der Waals surface area contributed by atoms with Crippen molar-refractivity contribution in [2.45, 2.75) is 49.7 Å². The second-order valence-electron chi connectivity index (χ2n) is 8.94. The Kier molecular flexibility index (Phi) is 9.02. The van der Waals surface area contributed by atoms with Gasteiger partial charge in [-0.3, -0.25) is 0 Å². The Morgan fingerprint density at radius 2 is 1.86 bits per heavy atom. The molecule has 4 rings (SSSR count). The van der Waals surface area contributed by atoms with E-state index in [1.807, 2.05) is 30.3 Å². The van der Waals surface area contributed by atoms with Crippen LogP contribution in [0.2, 0.25) is 5.02 Å². The normalized spacial score (nSPS) is 19.3. The minimum atomic E-state index is -4.51. The second kappa shape index (κ2) is 11.3. The van der Waals surface area contributed by atoms with Crippen molar-refractivity contribution in [2.24, 2.45) is 0 Å². The fourth-order valence-electron chi connectivity index (χ4n) is 4.89. The minimum Gasteiger partial charge on any atom is -0.492 e. The van der Waals surface area contributed by atoms with Crippen molar-refractivity contribution in [3.8, 4) is 5.75 Å². The molecule has 1 saturated carbocycles. The van der Waals surface area contributed by atoms with Crippen LogP contribution >= 0.6 is 24.0 Å². The van der Waals surface area contributed by atoms with Gasteiger partial charge >= 0.3 is 6.18 Å². The van der Waals surface area contributed by atoms with Crippen molar-refractivity contribution >= 4 is 34.0 Å². The molecule has 2 aliphatic rings. The Morgan fingerprint density at radius 1 is 1.14 bits per heavy atom. The lowest BCUT2D eigenvalue weighted by atomic mass is 9.58. The summed E-state index contributed by atoms with van der Waals surface area (Å²) in [5.41, 5.74) is 3.66. The summed E-state index contributed by atoms with van der Waals surface area (Å²) in [7, 11) is -4.01. The molecule has 5 nitrogen and oxygen atoms in total. The molecule has 0 aromatic heterocycles. The molecule has 35 heavy (non-hydrogen) atoms. The van der Waals surface area contributed by atoms with Crippen LogP contribution in [0.5, 0.6) is 5.75 Å². The van der Waals surface area contributed by atoms with Crippen LogP contribution in [0.25, 0.3) is 0 Å². The molecule has 11 heteroatoms. The van der Waals surface area contributed by atoms with Gasteiger partial charge in [-0.15, -0.1) is 12.4 Å². The Morgan fingerprint density at radius 3 is 2.49 bits per heavy atom. The highest BCUT2D eigenvalue weighted by Crippen LogP contribution is 2.53. The number of sulfonamides is 1. The summed E-state index contributed by atoms with van der Waals surface area (Å²) in [4.78, 5) is 0. The average Bonchev–Trinajstić information content (AvgIpc) is 2.76. The van der Waals surface area contributed by atoms with E-state index >= 15 is 0 Å². The molecule has 1 unspecified atom stereocenters. The number of rotatable bonds is 9. The van der Waals surface area contributed by atoms with E-state index in [9.17, 15) is 21.6 Å². The van der Waals surface area contributed by atoms with Crippen LogP contribution in [0, 0.1) is 0 Å². The number of alkyl halides is 3. The van der Waals surface area contributed by atoms with Crippen molar-refractivity contribution < 1.29 is 26.3 Å². The number of hydrogen-bond donors (Lipinski definition) is 2. The first-order valence-corrected chi connectivity index (χ1v) is 13.4. The zero-order chi connectivity index (χ0) is 24.4. The number of nitrogens with one attached hydrogen (secondary N) is 2. The smallest absolute Gasteiger partial charge is 0.390 e. The van der Waals surface area contributed by atoms with Crippen molar-refractivity contribution in [3.05, 3.63) is 64.2 Å². The SMILES string of the molecule is Cl.O=S(=O)(CCC(F)(F)F)NCCOc1ccc2c(c1)C(C1(c3ccc(Cl)cc3)CCC1)NCC2. The Balaban J connectivity index is 0.00000342. The molecule has 194 valence electrons. The zero-order valence-electron chi connectivity index (χ0n) is 19.0. The van der Waals surface area contributed by atoms with Crippen LogP contribution in [0.1, 0.15) is 48.4 Å². The number of fused-ring (bicyclic) bond motifs is 1. The van der Waals surface area contributed by atoms with Gasteiger partial charge in [0.25, 0.3) is 0 Å². The van der Waals surface area contributed by atoms with Crippen LogP contribution in [0.4, 0.5) is 13.2 Å². The Hall–Kier alpha value is -1.52. The molecule has 2 N–H and O–H groups in total. The zero-order valence-corrected chi connectivity index (χ0v) is 21.4. The van der Waals surface area contributed by atoms with Gasteiger partial charge in [-0.25, -0.2) is 13.1 Å². The maximum absolute atomic E-state index is 12.3. The molecule has 0 saturated heterocycles. The summed E-state index contributed by atoms with van der Waals surface area (Å²) in [6.07, 6.45) is -1.70. The first-order valence-electron chi connectivity index (χ1n) is 11.4. The number of benzene rings is 2. The number of hydrogen-bond acceptors (Lipinski definition) is 4. The summed E-state index contributed by atoms with van der Waals surface area (Å²) in [6, 6.07) is 14.1. The van der Waals surface area contributed by atoms with E-state index < -0.39 is 28.4 Å². The topological polar surface area (TPSA) is 67.4 Å². The monoisotopic (exact) mass is 552 g/mol. The maximum atomic E-state index is 12.3. The minimum absolute atomic E-state index is 0. The Labute approximate surface area is 215 Å². The lowest BCUT2D eigenvalue weighted by molar-refractivity contribution is -0.129. The van der Waals surface area contributed by atoms with Crippen LogP contribution < -0.4 is 14.8 Å². The van der Waals surface area contributed by atoms with Gasteiger partial charge in [0, 0.05) is 23.0 Å². The van der Waals surface area contributed by atoms with Crippen LogP contribution in [0.15, 0.2) is 42.5 Å². The van der Waals surface area contributed by atoms with Crippen molar-refractivity contribution in [1.82, 2.24) is 10.0 Å². The molecule has 0 spiro atoms. The van der Waals surface area contributed by atoms with Gasteiger partial charge in [-0.05, 0) is 66.8 Å². The third-order valence-corrected chi connectivity index (χ3v) is 8.37. The van der Waals surface area contributed by atoms with Crippen molar-refractivity contribution in [2.75, 3.05) is 25.4 Å². The van der Waals surface area contributed by atoms with Crippen LogP contribution in [0.3, 0.4) is 0 Å². The predicted molar refractivity (Wildman–Crippen MR) is 133 cm³/mol. The van der Waals surface area contributed by atoms with E-state index in [1.165, 1.54) is 16.7 Å².